The van der Waals surface area contributed by atoms with Crippen molar-refractivity contribution in [3.05, 3.63) is 83.9 Å². The predicted octanol–water partition coefficient (Wildman–Crippen LogP) is 5.07. The zero-order chi connectivity index (χ0) is 31.0. The van der Waals surface area contributed by atoms with Crippen LogP contribution in [0.25, 0.3) is 0 Å². The van der Waals surface area contributed by atoms with Crippen molar-refractivity contribution >= 4 is 27.5 Å². The van der Waals surface area contributed by atoms with E-state index in [1.54, 1.807) is 62.6 Å². The highest BCUT2D eigenvalue weighted by atomic mass is 32.2. The predicted molar refractivity (Wildman–Crippen MR) is 167 cm³/mol. The largest absolute Gasteiger partial charge is 0.497 e. The van der Waals surface area contributed by atoms with Crippen molar-refractivity contribution in [3.8, 4) is 11.5 Å². The van der Waals surface area contributed by atoms with Gasteiger partial charge in [0.15, 0.2) is 0 Å². The second-order valence-corrected chi connectivity index (χ2v) is 12.8. The molecule has 0 bridgehead atoms. The number of rotatable bonds is 12. The van der Waals surface area contributed by atoms with Crippen LogP contribution in [0.3, 0.4) is 0 Å². The van der Waals surface area contributed by atoms with Gasteiger partial charge in [0.2, 0.25) is 11.8 Å². The molecule has 0 heterocycles. The fourth-order valence-electron chi connectivity index (χ4n) is 5.23. The summed E-state index contributed by atoms with van der Waals surface area (Å²) < 4.78 is 39.7. The van der Waals surface area contributed by atoms with E-state index in [1.165, 1.54) is 24.1 Å². The lowest BCUT2D eigenvalue weighted by Gasteiger charge is -2.33. The molecule has 0 unspecified atom stereocenters. The Morgan fingerprint density at radius 3 is 2.19 bits per heavy atom. The van der Waals surface area contributed by atoms with Crippen LogP contribution in [0.15, 0.2) is 77.7 Å². The van der Waals surface area contributed by atoms with Crippen LogP contribution in [0.5, 0.6) is 11.5 Å². The Bertz CT molecular complexity index is 1490. The molecular weight excluding hydrogens is 566 g/mol. The van der Waals surface area contributed by atoms with E-state index >= 15 is 0 Å². The summed E-state index contributed by atoms with van der Waals surface area (Å²) in [6.45, 7) is 3.19. The summed E-state index contributed by atoms with van der Waals surface area (Å²) in [6.07, 6.45) is 5.08. The number of sulfonamides is 1. The summed E-state index contributed by atoms with van der Waals surface area (Å²) >= 11 is 0. The van der Waals surface area contributed by atoms with Crippen LogP contribution in [0, 0.1) is 6.92 Å². The van der Waals surface area contributed by atoms with Gasteiger partial charge in [-0.2, -0.15) is 0 Å². The number of anilines is 1. The minimum atomic E-state index is -4.16. The van der Waals surface area contributed by atoms with Gasteiger partial charge < -0.3 is 19.7 Å². The van der Waals surface area contributed by atoms with E-state index in [4.69, 9.17) is 9.47 Å². The van der Waals surface area contributed by atoms with Crippen molar-refractivity contribution in [2.45, 2.75) is 69.5 Å². The van der Waals surface area contributed by atoms with Crippen LogP contribution < -0.4 is 19.1 Å². The summed E-state index contributed by atoms with van der Waals surface area (Å²) in [4.78, 5) is 29.1. The molecular formula is C33H41N3O6S. The van der Waals surface area contributed by atoms with Crippen molar-refractivity contribution in [2.75, 3.05) is 25.1 Å². The third-order valence-electron chi connectivity index (χ3n) is 7.85. The van der Waals surface area contributed by atoms with E-state index < -0.39 is 28.5 Å². The molecule has 1 N–H and O–H groups in total. The minimum Gasteiger partial charge on any atom is -0.497 e. The van der Waals surface area contributed by atoms with Gasteiger partial charge in [-0.25, -0.2) is 8.42 Å². The third-order valence-corrected chi connectivity index (χ3v) is 9.64. The van der Waals surface area contributed by atoms with E-state index in [0.29, 0.717) is 17.2 Å². The van der Waals surface area contributed by atoms with E-state index in [-0.39, 0.29) is 23.4 Å². The maximum Gasteiger partial charge on any atom is 0.264 e. The molecule has 0 radical (unpaired) electrons. The molecule has 230 valence electrons. The number of hydrogen-bond acceptors (Lipinski definition) is 6. The third kappa shape index (κ3) is 8.07. The van der Waals surface area contributed by atoms with Gasteiger partial charge >= 0.3 is 0 Å². The zero-order valence-corrected chi connectivity index (χ0v) is 26.1. The van der Waals surface area contributed by atoms with Gasteiger partial charge in [0.25, 0.3) is 10.0 Å². The van der Waals surface area contributed by atoms with Crippen molar-refractivity contribution in [1.29, 1.82) is 0 Å². The maximum absolute atomic E-state index is 14.2. The summed E-state index contributed by atoms with van der Waals surface area (Å²) in [5.74, 6) is 0.363. The highest BCUT2D eigenvalue weighted by Gasteiger charge is 2.33. The Kier molecular flexibility index (Phi) is 10.7. The Labute approximate surface area is 254 Å². The van der Waals surface area contributed by atoms with Crippen molar-refractivity contribution in [3.63, 3.8) is 0 Å². The first kappa shape index (κ1) is 31.9. The molecule has 2 amide bonds. The molecule has 3 aromatic rings. The van der Waals surface area contributed by atoms with Gasteiger partial charge in [-0.05, 0) is 80.8 Å². The smallest absolute Gasteiger partial charge is 0.264 e. The van der Waals surface area contributed by atoms with Gasteiger partial charge in [-0.1, -0.05) is 49.1 Å². The van der Waals surface area contributed by atoms with Crippen molar-refractivity contribution in [1.82, 2.24) is 10.2 Å². The average molecular weight is 608 g/mol. The number of benzene rings is 3. The fourth-order valence-corrected chi connectivity index (χ4v) is 6.65. The highest BCUT2D eigenvalue weighted by Crippen LogP contribution is 2.27. The molecule has 3 aromatic carbocycles. The number of methoxy groups -OCH3 is 2. The number of nitrogens with zero attached hydrogens (tertiary/aromatic N) is 2. The summed E-state index contributed by atoms with van der Waals surface area (Å²) in [5, 5.41) is 3.12. The maximum atomic E-state index is 14.2. The summed E-state index contributed by atoms with van der Waals surface area (Å²) in [6, 6.07) is 19.5. The summed E-state index contributed by atoms with van der Waals surface area (Å²) in [7, 11) is -1.10. The van der Waals surface area contributed by atoms with Crippen LogP contribution in [0.4, 0.5) is 5.69 Å². The molecule has 43 heavy (non-hydrogen) atoms. The minimum absolute atomic E-state index is 0.0177. The lowest BCUT2D eigenvalue weighted by atomic mass is 9.95. The quantitative estimate of drug-likeness (QED) is 0.308. The van der Waals surface area contributed by atoms with Gasteiger partial charge in [0.05, 0.1) is 24.8 Å². The monoisotopic (exact) mass is 607 g/mol. The van der Waals surface area contributed by atoms with Gasteiger partial charge in [-0.3, -0.25) is 13.9 Å². The number of carbonyl (C=O) groups is 2. The molecule has 1 atom stereocenters. The highest BCUT2D eigenvalue weighted by molar-refractivity contribution is 7.92. The fraction of sp³-hybridized carbons (Fsp3) is 0.394. The first-order valence-corrected chi connectivity index (χ1v) is 16.0. The van der Waals surface area contributed by atoms with Crippen LogP contribution in [-0.2, 0) is 26.2 Å². The van der Waals surface area contributed by atoms with Gasteiger partial charge in [0, 0.05) is 12.6 Å². The summed E-state index contributed by atoms with van der Waals surface area (Å²) in [5.41, 5.74) is 2.05. The number of ether oxygens (including phenoxy) is 2. The second kappa shape index (κ2) is 14.4. The molecule has 1 aliphatic rings. The molecule has 1 aliphatic carbocycles. The molecule has 0 spiro atoms. The van der Waals surface area contributed by atoms with Crippen molar-refractivity contribution in [2.24, 2.45) is 0 Å². The standard InChI is InChI=1S/C33H41N3O6S/c1-24-13-15-28(16-14-24)36(43(39,40)31-19-17-29(41-3)18-20-31)23-32(37)35(22-26-9-8-12-30(21-26)42-4)25(2)33(38)34-27-10-6-5-7-11-27/h8-9,12-21,25,27H,5-7,10-11,22-23H2,1-4H3,(H,34,38)/t25-/m0/s1. The van der Waals surface area contributed by atoms with Crippen LogP contribution >= 0.6 is 0 Å². The molecule has 9 nitrogen and oxygen atoms in total. The topological polar surface area (TPSA) is 105 Å². The number of amides is 2. The number of hydrogen-bond donors (Lipinski definition) is 1. The van der Waals surface area contributed by atoms with E-state index in [9.17, 15) is 18.0 Å². The van der Waals surface area contributed by atoms with E-state index in [1.807, 2.05) is 19.1 Å². The van der Waals surface area contributed by atoms with E-state index in [0.717, 1.165) is 47.5 Å². The number of aryl methyl sites for hydroxylation is 1. The number of carbonyl (C=O) groups excluding carboxylic acids is 2. The Morgan fingerprint density at radius 1 is 0.907 bits per heavy atom. The Morgan fingerprint density at radius 2 is 1.56 bits per heavy atom. The van der Waals surface area contributed by atoms with Gasteiger partial charge in [-0.15, -0.1) is 0 Å². The van der Waals surface area contributed by atoms with Crippen molar-refractivity contribution < 1.29 is 27.5 Å². The number of nitrogens with one attached hydrogen (secondary N) is 1. The first-order valence-electron chi connectivity index (χ1n) is 14.6. The second-order valence-electron chi connectivity index (χ2n) is 10.9. The van der Waals surface area contributed by atoms with Crippen LogP contribution in [0.1, 0.15) is 50.2 Å². The van der Waals surface area contributed by atoms with Crippen LogP contribution in [-0.4, -0.2) is 58.0 Å². The molecule has 0 aromatic heterocycles. The molecule has 4 rings (SSSR count). The molecule has 0 saturated heterocycles. The van der Waals surface area contributed by atoms with E-state index in [2.05, 4.69) is 5.32 Å². The zero-order valence-electron chi connectivity index (χ0n) is 25.3. The average Bonchev–Trinajstić information content (AvgIpc) is 3.03. The first-order chi connectivity index (χ1) is 20.6. The van der Waals surface area contributed by atoms with Gasteiger partial charge in [0.1, 0.15) is 24.1 Å². The van der Waals surface area contributed by atoms with Crippen LogP contribution in [0.2, 0.25) is 0 Å². The SMILES string of the molecule is COc1ccc(S(=O)(=O)N(CC(=O)N(Cc2cccc(OC)c2)[C@@H](C)C(=O)NC2CCCCC2)c2ccc(C)cc2)cc1. The lowest BCUT2D eigenvalue weighted by molar-refractivity contribution is -0.139. The molecule has 1 fully saturated rings. The normalized spacial score (nSPS) is 14.4. The Balaban J connectivity index is 1.68. The molecule has 10 heteroatoms. The molecule has 0 aliphatic heterocycles. The Hall–Kier alpha value is -4.05. The lowest BCUT2D eigenvalue weighted by Crippen LogP contribution is -2.53. The molecule has 1 saturated carbocycles.